The maximum Gasteiger partial charge on any atom is 0.216 e. The quantitative estimate of drug-likeness (QED) is 0.887. The Balaban J connectivity index is 1.62. The summed E-state index contributed by atoms with van der Waals surface area (Å²) in [6.07, 6.45) is 2.29. The van der Waals surface area contributed by atoms with Crippen LogP contribution in [0.25, 0.3) is 10.9 Å². The summed E-state index contributed by atoms with van der Waals surface area (Å²) in [6.45, 7) is 7.70. The maximum absolute atomic E-state index is 11.0. The Morgan fingerprint density at radius 3 is 2.79 bits per heavy atom. The van der Waals surface area contributed by atoms with E-state index in [-0.39, 0.29) is 5.91 Å². The molecule has 0 spiro atoms. The third kappa shape index (κ3) is 3.73. The Morgan fingerprint density at radius 1 is 1.38 bits per heavy atom. The third-order valence-corrected chi connectivity index (χ3v) is 5.10. The number of H-pyrrole nitrogens is 1. The Bertz CT molecular complexity index is 715. The van der Waals surface area contributed by atoms with Crippen LogP contribution in [0.1, 0.15) is 31.0 Å². The Hall–Kier alpha value is -2.01. The summed E-state index contributed by atoms with van der Waals surface area (Å²) in [5.41, 5.74) is 3.77. The number of hydrogen-bond donors (Lipinski definition) is 2. The van der Waals surface area contributed by atoms with Crippen LogP contribution in [-0.4, -0.2) is 42.5 Å². The highest BCUT2D eigenvalue weighted by Crippen LogP contribution is 2.27. The number of methoxy groups -OCH3 is 1. The predicted molar refractivity (Wildman–Crippen MR) is 96.3 cm³/mol. The van der Waals surface area contributed by atoms with Crippen molar-refractivity contribution in [2.75, 3.05) is 26.7 Å². The highest BCUT2D eigenvalue weighted by molar-refractivity contribution is 5.85. The van der Waals surface area contributed by atoms with E-state index >= 15 is 0 Å². The number of piperidine rings is 1. The van der Waals surface area contributed by atoms with Gasteiger partial charge in [0.1, 0.15) is 5.75 Å². The van der Waals surface area contributed by atoms with Gasteiger partial charge in [-0.15, -0.1) is 0 Å². The molecule has 1 amide bonds. The Kier molecular flexibility index (Phi) is 5.09. The van der Waals surface area contributed by atoms with E-state index in [0.717, 1.165) is 44.8 Å². The molecule has 2 heterocycles. The Labute approximate surface area is 143 Å². The van der Waals surface area contributed by atoms with E-state index < -0.39 is 0 Å². The number of carbonyl (C=O) groups excluding carboxylic acids is 1. The molecule has 2 N–H and O–H groups in total. The molecule has 1 aromatic carbocycles. The van der Waals surface area contributed by atoms with Crippen molar-refractivity contribution < 1.29 is 9.53 Å². The van der Waals surface area contributed by atoms with Crippen LogP contribution in [0.15, 0.2) is 18.2 Å². The van der Waals surface area contributed by atoms with Crippen LogP contribution in [-0.2, 0) is 11.3 Å². The summed E-state index contributed by atoms with van der Waals surface area (Å²) < 4.78 is 5.33. The number of amides is 1. The predicted octanol–water partition coefficient (Wildman–Crippen LogP) is 2.83. The topological polar surface area (TPSA) is 57.4 Å². The summed E-state index contributed by atoms with van der Waals surface area (Å²) in [4.78, 5) is 17.1. The average molecular weight is 329 g/mol. The molecule has 3 rings (SSSR count). The third-order valence-electron chi connectivity index (χ3n) is 5.10. The molecule has 0 unspecified atom stereocenters. The number of hydrogen-bond acceptors (Lipinski definition) is 3. The first-order valence-corrected chi connectivity index (χ1v) is 8.69. The number of likely N-dealkylation sites (tertiary alicyclic amines) is 1. The first-order chi connectivity index (χ1) is 11.6. The van der Waals surface area contributed by atoms with Crippen LogP contribution in [0.4, 0.5) is 0 Å². The van der Waals surface area contributed by atoms with Gasteiger partial charge in [-0.3, -0.25) is 9.69 Å². The number of nitrogens with one attached hydrogen (secondary N) is 2. The number of nitrogens with zero attached hydrogens (tertiary/aromatic N) is 1. The first kappa shape index (κ1) is 16.8. The lowest BCUT2D eigenvalue weighted by atomic mass is 9.96. The molecule has 130 valence electrons. The molecular formula is C19H27N3O2. The minimum Gasteiger partial charge on any atom is -0.497 e. The van der Waals surface area contributed by atoms with E-state index in [1.165, 1.54) is 22.2 Å². The van der Waals surface area contributed by atoms with E-state index in [0.29, 0.717) is 5.92 Å². The van der Waals surface area contributed by atoms with Crippen LogP contribution in [0.3, 0.4) is 0 Å². The summed E-state index contributed by atoms with van der Waals surface area (Å²) in [6, 6.07) is 6.18. The van der Waals surface area contributed by atoms with Crippen molar-refractivity contribution in [3.63, 3.8) is 0 Å². The van der Waals surface area contributed by atoms with Crippen molar-refractivity contribution in [3.05, 3.63) is 29.5 Å². The van der Waals surface area contributed by atoms with E-state index in [4.69, 9.17) is 4.74 Å². The molecule has 24 heavy (non-hydrogen) atoms. The van der Waals surface area contributed by atoms with Gasteiger partial charge in [-0.2, -0.15) is 0 Å². The molecule has 0 aliphatic carbocycles. The molecule has 0 bridgehead atoms. The second-order valence-electron chi connectivity index (χ2n) is 6.80. The van der Waals surface area contributed by atoms with E-state index in [1.807, 2.05) is 6.07 Å². The second-order valence-corrected chi connectivity index (χ2v) is 6.80. The molecule has 1 aliphatic rings. The van der Waals surface area contributed by atoms with Gasteiger partial charge in [0, 0.05) is 36.6 Å². The molecule has 5 nitrogen and oxygen atoms in total. The van der Waals surface area contributed by atoms with Crippen molar-refractivity contribution >= 4 is 16.8 Å². The van der Waals surface area contributed by atoms with Crippen molar-refractivity contribution in [1.82, 2.24) is 15.2 Å². The largest absolute Gasteiger partial charge is 0.497 e. The summed E-state index contributed by atoms with van der Waals surface area (Å²) in [5.74, 6) is 1.58. The number of aromatic nitrogens is 1. The van der Waals surface area contributed by atoms with E-state index in [1.54, 1.807) is 14.0 Å². The first-order valence-electron chi connectivity index (χ1n) is 8.69. The zero-order chi connectivity index (χ0) is 17.1. The Morgan fingerprint density at radius 2 is 2.12 bits per heavy atom. The molecule has 1 saturated heterocycles. The minimum absolute atomic E-state index is 0.0709. The van der Waals surface area contributed by atoms with Gasteiger partial charge in [0.2, 0.25) is 5.91 Å². The fourth-order valence-corrected chi connectivity index (χ4v) is 3.51. The number of fused-ring (bicyclic) bond motifs is 1. The normalized spacial score (nSPS) is 16.5. The van der Waals surface area contributed by atoms with E-state index in [9.17, 15) is 4.79 Å². The second kappa shape index (κ2) is 7.26. The average Bonchev–Trinajstić information content (AvgIpc) is 2.89. The lowest BCUT2D eigenvalue weighted by molar-refractivity contribution is -0.119. The van der Waals surface area contributed by atoms with Crippen molar-refractivity contribution in [2.45, 2.75) is 33.2 Å². The molecular weight excluding hydrogens is 302 g/mol. The molecule has 0 radical (unpaired) electrons. The van der Waals surface area contributed by atoms with Gasteiger partial charge in [-0.05, 0) is 62.5 Å². The van der Waals surface area contributed by atoms with Gasteiger partial charge in [-0.25, -0.2) is 0 Å². The highest BCUT2D eigenvalue weighted by Gasteiger charge is 2.20. The number of rotatable bonds is 5. The van der Waals surface area contributed by atoms with Gasteiger partial charge in [0.05, 0.1) is 7.11 Å². The van der Waals surface area contributed by atoms with Crippen LogP contribution in [0.2, 0.25) is 0 Å². The van der Waals surface area contributed by atoms with Gasteiger partial charge in [0.15, 0.2) is 0 Å². The van der Waals surface area contributed by atoms with Gasteiger partial charge < -0.3 is 15.0 Å². The number of ether oxygens (including phenoxy) is 1. The van der Waals surface area contributed by atoms with Crippen molar-refractivity contribution in [3.8, 4) is 5.75 Å². The molecule has 2 aromatic rings. The summed E-state index contributed by atoms with van der Waals surface area (Å²) in [5, 5.41) is 4.18. The standard InChI is InChI=1S/C19H27N3O2/c1-13-17-10-16(24-3)4-5-18(17)21-19(13)12-22-8-6-15(7-9-22)11-20-14(2)23/h4-5,10,15,21H,6-9,11-12H2,1-3H3,(H,20,23). The molecule has 1 aromatic heterocycles. The van der Waals surface area contributed by atoms with Gasteiger partial charge in [0.25, 0.3) is 0 Å². The van der Waals surface area contributed by atoms with Crippen molar-refractivity contribution in [2.24, 2.45) is 5.92 Å². The monoisotopic (exact) mass is 329 g/mol. The zero-order valence-corrected chi connectivity index (χ0v) is 14.8. The lowest BCUT2D eigenvalue weighted by Gasteiger charge is -2.31. The minimum atomic E-state index is 0.0709. The smallest absolute Gasteiger partial charge is 0.216 e. The molecule has 1 fully saturated rings. The molecule has 1 aliphatic heterocycles. The number of carbonyl (C=O) groups is 1. The summed E-state index contributed by atoms with van der Waals surface area (Å²) in [7, 11) is 1.70. The van der Waals surface area contributed by atoms with Gasteiger partial charge >= 0.3 is 0 Å². The molecule has 0 atom stereocenters. The molecule has 5 heteroatoms. The molecule has 0 saturated carbocycles. The van der Waals surface area contributed by atoms with Crippen LogP contribution < -0.4 is 10.1 Å². The van der Waals surface area contributed by atoms with Gasteiger partial charge in [-0.1, -0.05) is 0 Å². The van der Waals surface area contributed by atoms with Crippen molar-refractivity contribution in [1.29, 1.82) is 0 Å². The van der Waals surface area contributed by atoms with Crippen LogP contribution in [0.5, 0.6) is 5.75 Å². The summed E-state index contributed by atoms with van der Waals surface area (Å²) >= 11 is 0. The zero-order valence-electron chi connectivity index (χ0n) is 14.8. The maximum atomic E-state index is 11.0. The number of aromatic amines is 1. The SMILES string of the molecule is COc1ccc2[nH]c(CN3CCC(CNC(C)=O)CC3)c(C)c2c1. The number of benzene rings is 1. The number of aryl methyl sites for hydroxylation is 1. The van der Waals surface area contributed by atoms with Crippen LogP contribution in [0, 0.1) is 12.8 Å². The highest BCUT2D eigenvalue weighted by atomic mass is 16.5. The van der Waals surface area contributed by atoms with E-state index in [2.05, 4.69) is 34.3 Å². The lowest BCUT2D eigenvalue weighted by Crippen LogP contribution is -2.38. The fourth-order valence-electron chi connectivity index (χ4n) is 3.51. The van der Waals surface area contributed by atoms with Crippen LogP contribution >= 0.6 is 0 Å². The fraction of sp³-hybridized carbons (Fsp3) is 0.526.